The van der Waals surface area contributed by atoms with Crippen molar-refractivity contribution in [3.63, 3.8) is 0 Å². The van der Waals surface area contributed by atoms with Crippen LogP contribution >= 0.6 is 11.6 Å². The zero-order chi connectivity index (χ0) is 63.0. The summed E-state index contributed by atoms with van der Waals surface area (Å²) in [5.74, 6) is -0.777. The monoisotopic (exact) mass is 1240 g/mol. The third-order valence-corrected chi connectivity index (χ3v) is 15.2. The Balaban J connectivity index is 0.811. The molecule has 7 N–H and O–H groups in total. The highest BCUT2D eigenvalue weighted by Gasteiger charge is 2.37. The number of nitrogens with two attached hydrogens (primary N) is 1. The minimum Gasteiger partial charge on any atom is -0.493 e. The molecular formula is C63H82ClN9O15. The van der Waals surface area contributed by atoms with Gasteiger partial charge < -0.3 is 74.8 Å². The molecule has 0 spiro atoms. The van der Waals surface area contributed by atoms with Gasteiger partial charge in [0.25, 0.3) is 17.7 Å². The first kappa shape index (κ1) is 67.6. The first-order chi connectivity index (χ1) is 42.7. The van der Waals surface area contributed by atoms with E-state index in [1.165, 1.54) is 38.4 Å². The molecule has 7 rings (SSSR count). The van der Waals surface area contributed by atoms with Gasteiger partial charge in [0, 0.05) is 85.1 Å². The van der Waals surface area contributed by atoms with Gasteiger partial charge in [-0.25, -0.2) is 0 Å². The lowest BCUT2D eigenvalue weighted by Gasteiger charge is -2.25. The Bertz CT molecular complexity index is 3190. The highest BCUT2D eigenvalue weighted by atomic mass is 35.5. The van der Waals surface area contributed by atoms with Gasteiger partial charge in [0.1, 0.15) is 35.7 Å². The van der Waals surface area contributed by atoms with Crippen molar-refractivity contribution in [2.45, 2.75) is 89.8 Å². The summed E-state index contributed by atoms with van der Waals surface area (Å²) in [6.07, 6.45) is 8.14. The van der Waals surface area contributed by atoms with Gasteiger partial charge in [-0.15, -0.1) is 11.6 Å². The number of carbonyl (C=O) groups is 7. The van der Waals surface area contributed by atoms with E-state index in [1.54, 1.807) is 35.4 Å². The first-order valence-electron chi connectivity index (χ1n) is 29.7. The number of amides is 7. The van der Waals surface area contributed by atoms with Gasteiger partial charge in [0.15, 0.2) is 11.5 Å². The number of imide groups is 1. The third kappa shape index (κ3) is 18.6. The third-order valence-electron chi connectivity index (χ3n) is 14.9. The van der Waals surface area contributed by atoms with E-state index in [4.69, 9.17) is 60.2 Å². The smallest absolute Gasteiger partial charge is 0.274 e. The number of alkyl halides is 1. The van der Waals surface area contributed by atoms with Crippen molar-refractivity contribution in [2.24, 2.45) is 11.7 Å². The molecule has 0 bridgehead atoms. The number of nitrogens with zero attached hydrogens (tertiary/aromatic N) is 3. The molecule has 0 saturated heterocycles. The van der Waals surface area contributed by atoms with Crippen molar-refractivity contribution < 1.29 is 71.5 Å². The van der Waals surface area contributed by atoms with Crippen LogP contribution in [0.3, 0.4) is 0 Å². The van der Waals surface area contributed by atoms with E-state index in [1.807, 2.05) is 44.2 Å². The van der Waals surface area contributed by atoms with Gasteiger partial charge >= 0.3 is 0 Å². The number of aromatic nitrogens is 2. The molecule has 4 heterocycles. The molecule has 5 aromatic rings. The van der Waals surface area contributed by atoms with E-state index in [-0.39, 0.29) is 80.1 Å². The van der Waals surface area contributed by atoms with Crippen LogP contribution in [0.25, 0.3) is 21.8 Å². The van der Waals surface area contributed by atoms with Gasteiger partial charge in [0.2, 0.25) is 29.4 Å². The van der Waals surface area contributed by atoms with E-state index in [0.717, 1.165) is 22.9 Å². The van der Waals surface area contributed by atoms with Gasteiger partial charge in [-0.2, -0.15) is 0 Å². The number of aromatic amines is 1. The van der Waals surface area contributed by atoms with Crippen LogP contribution in [0.2, 0.25) is 0 Å². The van der Waals surface area contributed by atoms with Crippen molar-refractivity contribution in [1.82, 2.24) is 30.8 Å². The number of rotatable bonds is 39. The molecule has 0 saturated carbocycles. The molecule has 476 valence electrons. The normalized spacial score (nSPS) is 14.3. The van der Waals surface area contributed by atoms with E-state index < -0.39 is 23.9 Å². The van der Waals surface area contributed by atoms with Crippen LogP contribution in [0.15, 0.2) is 72.9 Å². The number of methoxy groups -OCH3 is 3. The summed E-state index contributed by atoms with van der Waals surface area (Å²) in [5, 5.41) is 12.9. The Labute approximate surface area is 517 Å². The zero-order valence-electron chi connectivity index (χ0n) is 50.7. The van der Waals surface area contributed by atoms with Crippen LogP contribution in [-0.4, -0.2) is 175 Å². The van der Waals surface area contributed by atoms with Crippen LogP contribution in [-0.2, 0) is 54.3 Å². The number of benzene rings is 3. The average molecular weight is 1240 g/mol. The summed E-state index contributed by atoms with van der Waals surface area (Å²) in [6.45, 7) is 7.56. The lowest BCUT2D eigenvalue weighted by Crippen LogP contribution is -2.54. The number of ether oxygens (including phenoxy) is 8. The standard InChI is InChI=1S/C63H82ClN9O15/c1-40(2)56(71-52(75)21-26-84-28-30-86-32-33-87-31-29-85-27-24-66-51(74)14-7-6-10-25-72-53(76)19-20-54(72)77)62(79)70-46(13-8-9-22-65)61(78)68-44-17-15-41(16-18-44)39-88-49-36-48-55(45-12-11-23-67-58(45)49)43(37-64)38-73(48)63(80)47-34-42-35-50(81-3)59(82-4)60(83-5)57(42)69-47/h11-12,15-20,23,34-36,40,43,46,56,69H,6-10,13-14,21-22,24-33,37-39,65H2,1-5H3,(H,66,74)(H,68,78)(H,70,79)(H,71,75)/t43?,46-,56-/m0/s1. The fourth-order valence-electron chi connectivity index (χ4n) is 10.3. The molecular weight excluding hydrogens is 1160 g/mol. The van der Waals surface area contributed by atoms with Crippen molar-refractivity contribution in [3.05, 3.63) is 89.8 Å². The second-order valence-corrected chi connectivity index (χ2v) is 21.7. The highest BCUT2D eigenvalue weighted by Crippen LogP contribution is 2.47. The van der Waals surface area contributed by atoms with Gasteiger partial charge in [0.05, 0.1) is 85.4 Å². The van der Waals surface area contributed by atoms with E-state index in [2.05, 4.69) is 26.3 Å². The van der Waals surface area contributed by atoms with E-state index in [9.17, 15) is 33.6 Å². The predicted octanol–water partition coefficient (Wildman–Crippen LogP) is 6.05. The molecule has 2 aromatic heterocycles. The number of hydrogen-bond donors (Lipinski definition) is 6. The molecule has 2 aliphatic heterocycles. The Morgan fingerprint density at radius 1 is 0.750 bits per heavy atom. The molecule has 7 amide bonds. The number of hydrogen-bond acceptors (Lipinski definition) is 17. The number of H-pyrrole nitrogens is 1. The van der Waals surface area contributed by atoms with Crippen LogP contribution in [0, 0.1) is 5.92 Å². The SMILES string of the molecule is COc1cc2cc(C(=O)N3CC(CCl)c4c3cc(OCc3ccc(NC(=O)[C@H](CCCCN)NC(=O)[C@@H](NC(=O)CCOCCOCCOCCOCCNC(=O)CCCCCN5C(=O)C=CC5=O)C(C)C)cc3)c3ncccc43)[nH]c2c(OC)c1OC. The lowest BCUT2D eigenvalue weighted by molar-refractivity contribution is -0.137. The Hall–Kier alpha value is -7.87. The molecule has 2 aliphatic rings. The van der Waals surface area contributed by atoms with Crippen molar-refractivity contribution in [3.8, 4) is 23.0 Å². The first-order valence-corrected chi connectivity index (χ1v) is 30.3. The topological polar surface area (TPSA) is 303 Å². The van der Waals surface area contributed by atoms with Crippen LogP contribution < -0.4 is 50.8 Å². The number of nitrogens with one attached hydrogen (secondary N) is 5. The maximum atomic E-state index is 14.5. The maximum absolute atomic E-state index is 14.5. The van der Waals surface area contributed by atoms with Gasteiger partial charge in [-0.05, 0) is 86.0 Å². The molecule has 3 aromatic carbocycles. The van der Waals surface area contributed by atoms with E-state index >= 15 is 0 Å². The number of unbranched alkanes of at least 4 members (excludes halogenated alkanes) is 3. The zero-order valence-corrected chi connectivity index (χ0v) is 51.5. The molecule has 0 fully saturated rings. The minimum absolute atomic E-state index is 0.00228. The fraction of sp³-hybridized carbons (Fsp3) is 0.492. The molecule has 24 nitrogen and oxygen atoms in total. The van der Waals surface area contributed by atoms with Crippen LogP contribution in [0.5, 0.6) is 23.0 Å². The lowest BCUT2D eigenvalue weighted by atomic mass is 9.97. The number of halogens is 1. The summed E-state index contributed by atoms with van der Waals surface area (Å²) >= 11 is 6.60. The van der Waals surface area contributed by atoms with Crippen LogP contribution in [0.4, 0.5) is 11.4 Å². The summed E-state index contributed by atoms with van der Waals surface area (Å²) in [4.78, 5) is 101. The molecule has 0 aliphatic carbocycles. The highest BCUT2D eigenvalue weighted by molar-refractivity contribution is 6.19. The minimum atomic E-state index is -0.923. The number of carbonyl (C=O) groups excluding carboxylic acids is 7. The molecule has 88 heavy (non-hydrogen) atoms. The molecule has 25 heteroatoms. The number of pyridine rings is 1. The van der Waals surface area contributed by atoms with Crippen molar-refractivity contribution in [1.29, 1.82) is 0 Å². The fourth-order valence-corrected chi connectivity index (χ4v) is 10.5. The molecule has 1 unspecified atom stereocenters. The largest absolute Gasteiger partial charge is 0.493 e. The summed E-state index contributed by atoms with van der Waals surface area (Å²) in [5.41, 5.74) is 10.1. The van der Waals surface area contributed by atoms with Crippen molar-refractivity contribution in [2.75, 3.05) is 116 Å². The quantitative estimate of drug-likeness (QED) is 0.0148. The summed E-state index contributed by atoms with van der Waals surface area (Å²) < 4.78 is 45.5. The number of anilines is 2. The predicted molar refractivity (Wildman–Crippen MR) is 331 cm³/mol. The Morgan fingerprint density at radius 3 is 2.10 bits per heavy atom. The Kier molecular flexibility index (Phi) is 26.6. The van der Waals surface area contributed by atoms with Gasteiger partial charge in [-0.3, -0.25) is 43.4 Å². The summed E-state index contributed by atoms with van der Waals surface area (Å²) in [7, 11) is 4.57. The maximum Gasteiger partial charge on any atom is 0.274 e. The van der Waals surface area contributed by atoms with E-state index in [0.29, 0.717) is 154 Å². The second kappa shape index (κ2) is 34.6. The second-order valence-electron chi connectivity index (χ2n) is 21.4. The van der Waals surface area contributed by atoms with Crippen molar-refractivity contribution >= 4 is 86.1 Å². The number of fused-ring (bicyclic) bond motifs is 4. The molecule has 0 radical (unpaired) electrons. The molecule has 3 atom stereocenters. The Morgan fingerprint density at radius 2 is 1.44 bits per heavy atom. The van der Waals surface area contributed by atoms with Gasteiger partial charge in [-0.1, -0.05) is 38.5 Å². The van der Waals surface area contributed by atoms with Crippen LogP contribution in [0.1, 0.15) is 92.7 Å². The average Bonchev–Trinajstić information content (AvgIpc) is 2.15. The summed E-state index contributed by atoms with van der Waals surface area (Å²) in [6, 6.07) is 14.4.